The highest BCUT2D eigenvalue weighted by molar-refractivity contribution is 5.68. The fraction of sp³-hybridized carbons (Fsp3) is 0.400. The second-order valence-electron chi connectivity index (χ2n) is 11.2. The van der Waals surface area contributed by atoms with E-state index in [1.807, 2.05) is 0 Å². The Hall–Kier alpha value is -3.82. The lowest BCUT2D eigenvalue weighted by Crippen LogP contribution is -2.45. The van der Waals surface area contributed by atoms with Gasteiger partial charge in [0, 0.05) is 30.4 Å². The predicted molar refractivity (Wildman–Crippen MR) is 153 cm³/mol. The second-order valence-corrected chi connectivity index (χ2v) is 11.2. The van der Waals surface area contributed by atoms with Gasteiger partial charge in [0.1, 0.15) is 0 Å². The Balaban J connectivity index is 1.15. The molecule has 3 N–H and O–H groups in total. The van der Waals surface area contributed by atoms with Crippen molar-refractivity contribution in [1.82, 2.24) is 34.8 Å². The van der Waals surface area contributed by atoms with Crippen molar-refractivity contribution in [3.8, 4) is 17.1 Å². The molecule has 2 aromatic carbocycles. The average molecular weight is 522 g/mol. The van der Waals surface area contributed by atoms with Crippen molar-refractivity contribution in [3.63, 3.8) is 0 Å². The Morgan fingerprint density at radius 2 is 1.72 bits per heavy atom. The Bertz CT molecular complexity index is 1500. The minimum atomic E-state index is 0.200. The molecule has 200 valence electrons. The molecule has 1 fully saturated rings. The van der Waals surface area contributed by atoms with Gasteiger partial charge in [0.25, 0.3) is 0 Å². The maximum absolute atomic E-state index is 6.08. The van der Waals surface area contributed by atoms with Crippen molar-refractivity contribution < 1.29 is 0 Å². The largest absolute Gasteiger partial charge is 0.366 e. The summed E-state index contributed by atoms with van der Waals surface area (Å²) >= 11 is 0. The Morgan fingerprint density at radius 1 is 0.872 bits per heavy atom. The number of piperidine rings is 1. The molecule has 0 amide bonds. The van der Waals surface area contributed by atoms with Gasteiger partial charge in [0.05, 0.1) is 5.69 Å². The van der Waals surface area contributed by atoms with Crippen LogP contribution in [0.5, 0.6) is 0 Å². The van der Waals surface area contributed by atoms with Gasteiger partial charge < -0.3 is 16.0 Å². The molecule has 9 nitrogen and oxygen atoms in total. The lowest BCUT2D eigenvalue weighted by molar-refractivity contribution is 0.110. The quantitative estimate of drug-likeness (QED) is 0.416. The third-order valence-corrected chi connectivity index (χ3v) is 8.57. The van der Waals surface area contributed by atoms with Crippen LogP contribution < -0.4 is 11.1 Å². The van der Waals surface area contributed by atoms with Crippen LogP contribution in [0, 0.1) is 0 Å². The van der Waals surface area contributed by atoms with Gasteiger partial charge in [-0.05, 0) is 99.1 Å². The van der Waals surface area contributed by atoms with Crippen molar-refractivity contribution in [2.75, 3.05) is 37.7 Å². The zero-order valence-corrected chi connectivity index (χ0v) is 22.5. The number of anilines is 3. The summed E-state index contributed by atoms with van der Waals surface area (Å²) in [6.45, 7) is 4.50. The summed E-state index contributed by atoms with van der Waals surface area (Å²) in [4.78, 5) is 9.60. The van der Waals surface area contributed by atoms with Crippen molar-refractivity contribution >= 4 is 17.6 Å². The van der Waals surface area contributed by atoms with Gasteiger partial charge in [0.15, 0.2) is 5.82 Å². The fourth-order valence-electron chi connectivity index (χ4n) is 6.40. The summed E-state index contributed by atoms with van der Waals surface area (Å²) in [6, 6.07) is 17.9. The van der Waals surface area contributed by atoms with E-state index in [4.69, 9.17) is 5.73 Å². The second kappa shape index (κ2) is 10.1. The molecule has 0 atom stereocenters. The van der Waals surface area contributed by atoms with E-state index < -0.39 is 0 Å². The zero-order chi connectivity index (χ0) is 26.3. The number of likely N-dealkylation sites (tertiary alicyclic amines) is 1. The minimum Gasteiger partial charge on any atom is -0.366 e. The molecule has 9 heteroatoms. The molecule has 0 spiro atoms. The highest BCUT2D eigenvalue weighted by Crippen LogP contribution is 2.32. The lowest BCUT2D eigenvalue weighted by Gasteiger charge is -2.39. The number of nitrogen functional groups attached to an aromatic ring is 1. The van der Waals surface area contributed by atoms with Crippen molar-refractivity contribution in [2.45, 2.75) is 51.1 Å². The maximum Gasteiger partial charge on any atom is 0.241 e. The summed E-state index contributed by atoms with van der Waals surface area (Å²) in [7, 11) is 2.22. The summed E-state index contributed by atoms with van der Waals surface area (Å²) in [5.74, 6) is 1.36. The van der Waals surface area contributed by atoms with Gasteiger partial charge in [-0.25, -0.2) is 0 Å². The SMILES string of the molecule is CN1CCC(N2CCc3ccc(Nc4nc(N)nn4-c4cc5c(nn4)-c4ccccc4CCC5)cc3C2)CC1. The first-order valence-corrected chi connectivity index (χ1v) is 14.1. The van der Waals surface area contributed by atoms with Crippen LogP contribution >= 0.6 is 0 Å². The highest BCUT2D eigenvalue weighted by Gasteiger charge is 2.27. The first-order valence-electron chi connectivity index (χ1n) is 14.1. The molecule has 3 aliphatic rings. The van der Waals surface area contributed by atoms with Crippen LogP contribution in [0.4, 0.5) is 17.6 Å². The summed E-state index contributed by atoms with van der Waals surface area (Å²) < 4.78 is 1.67. The molecule has 0 unspecified atom stereocenters. The third kappa shape index (κ3) is 4.77. The number of aryl methyl sites for hydroxylation is 2. The standard InChI is InChI=1S/C30H35N9/c1-37-14-12-25(13-15-37)38-16-11-20-9-10-24(17-23(20)19-38)32-30-33-29(31)36-39(30)27-18-22-7-4-6-21-5-2-3-8-26(21)28(22)35-34-27/h2-3,5,8-10,17-18,25H,4,6-7,11-16,19H2,1H3,(H3,31,32,33,36). The number of benzene rings is 2. The van der Waals surface area contributed by atoms with Crippen LogP contribution in [0.2, 0.25) is 0 Å². The molecule has 0 bridgehead atoms. The average Bonchev–Trinajstić information content (AvgIpc) is 3.22. The first kappa shape index (κ1) is 24.2. The topological polar surface area (TPSA) is 101 Å². The molecule has 7 rings (SSSR count). The van der Waals surface area contributed by atoms with E-state index in [1.54, 1.807) is 4.68 Å². The van der Waals surface area contributed by atoms with Gasteiger partial charge in [-0.15, -0.1) is 15.3 Å². The van der Waals surface area contributed by atoms with Gasteiger partial charge in [0.2, 0.25) is 11.9 Å². The first-order chi connectivity index (χ1) is 19.1. The zero-order valence-electron chi connectivity index (χ0n) is 22.5. The van der Waals surface area contributed by atoms with Gasteiger partial charge in [-0.1, -0.05) is 30.3 Å². The number of nitrogens with zero attached hydrogens (tertiary/aromatic N) is 7. The van der Waals surface area contributed by atoms with Crippen LogP contribution in [-0.2, 0) is 25.8 Å². The number of aromatic nitrogens is 5. The third-order valence-electron chi connectivity index (χ3n) is 8.57. The lowest BCUT2D eigenvalue weighted by atomic mass is 9.95. The molecule has 2 aromatic heterocycles. The molecule has 4 heterocycles. The summed E-state index contributed by atoms with van der Waals surface area (Å²) in [5, 5.41) is 17.1. The molecule has 0 saturated carbocycles. The van der Waals surface area contributed by atoms with Crippen LogP contribution in [0.15, 0.2) is 48.5 Å². The summed E-state index contributed by atoms with van der Waals surface area (Å²) in [6.07, 6.45) is 6.65. The Kier molecular flexibility index (Phi) is 6.25. The van der Waals surface area contributed by atoms with Gasteiger partial charge >= 0.3 is 0 Å². The van der Waals surface area contributed by atoms with Crippen LogP contribution in [0.3, 0.4) is 0 Å². The number of rotatable bonds is 4. The fourth-order valence-corrected chi connectivity index (χ4v) is 6.40. The van der Waals surface area contributed by atoms with Crippen LogP contribution in [0.1, 0.15) is 41.5 Å². The van der Waals surface area contributed by atoms with E-state index in [1.165, 1.54) is 53.7 Å². The smallest absolute Gasteiger partial charge is 0.241 e. The molecule has 39 heavy (non-hydrogen) atoms. The molecular formula is C30H35N9. The van der Waals surface area contributed by atoms with E-state index >= 15 is 0 Å². The normalized spacial score (nSPS) is 18.2. The number of hydrogen-bond donors (Lipinski definition) is 2. The van der Waals surface area contributed by atoms with E-state index in [2.05, 4.69) is 91.0 Å². The van der Waals surface area contributed by atoms with E-state index in [0.29, 0.717) is 17.8 Å². The number of hydrogen-bond acceptors (Lipinski definition) is 8. The molecular weight excluding hydrogens is 486 g/mol. The Morgan fingerprint density at radius 3 is 2.62 bits per heavy atom. The summed E-state index contributed by atoms with van der Waals surface area (Å²) in [5.41, 5.74) is 14.5. The maximum atomic E-state index is 6.08. The Labute approximate surface area is 229 Å². The van der Waals surface area contributed by atoms with Crippen LogP contribution in [0.25, 0.3) is 17.1 Å². The molecule has 0 radical (unpaired) electrons. The number of nitrogens with two attached hydrogens (primary N) is 1. The van der Waals surface area contributed by atoms with Gasteiger partial charge in [-0.3, -0.25) is 4.90 Å². The van der Waals surface area contributed by atoms with Crippen LogP contribution in [-0.4, -0.2) is 67.5 Å². The van der Waals surface area contributed by atoms with Crippen molar-refractivity contribution in [2.24, 2.45) is 0 Å². The molecule has 1 aliphatic carbocycles. The van der Waals surface area contributed by atoms with Crippen molar-refractivity contribution in [3.05, 3.63) is 70.8 Å². The van der Waals surface area contributed by atoms with E-state index in [-0.39, 0.29) is 5.95 Å². The molecule has 2 aliphatic heterocycles. The predicted octanol–water partition coefficient (Wildman–Crippen LogP) is 3.99. The number of fused-ring (bicyclic) bond motifs is 4. The van der Waals surface area contributed by atoms with Gasteiger partial charge in [-0.2, -0.15) is 9.67 Å². The van der Waals surface area contributed by atoms with E-state index in [0.717, 1.165) is 50.2 Å². The molecule has 4 aromatic rings. The molecule has 1 saturated heterocycles. The monoisotopic (exact) mass is 521 g/mol. The van der Waals surface area contributed by atoms with E-state index in [9.17, 15) is 0 Å². The van der Waals surface area contributed by atoms with Crippen molar-refractivity contribution in [1.29, 1.82) is 0 Å². The number of nitrogens with one attached hydrogen (secondary N) is 1. The highest BCUT2D eigenvalue weighted by atomic mass is 15.5. The minimum absolute atomic E-state index is 0.200.